The van der Waals surface area contributed by atoms with Crippen LogP contribution in [0.1, 0.15) is 104 Å². The molecule has 0 bridgehead atoms. The molecule has 0 aromatic carbocycles. The molecule has 2 fully saturated rings. The standard InChI is InChI=1S/C21H37N/c1-3-5-7-8-10-19-11-12-20-15-18(9-6-4-2)13-14-21(20,16-19)17-22/h18-20H,3-16H2,1-2H3. The van der Waals surface area contributed by atoms with E-state index in [4.69, 9.17) is 0 Å². The van der Waals surface area contributed by atoms with Crippen LogP contribution in [0.25, 0.3) is 0 Å². The third-order valence-electron chi connectivity index (χ3n) is 6.63. The molecule has 0 aromatic heterocycles. The van der Waals surface area contributed by atoms with Crippen molar-refractivity contribution in [3.05, 3.63) is 0 Å². The Bertz CT molecular complexity index is 355. The minimum absolute atomic E-state index is 0.0659. The average Bonchev–Trinajstić information content (AvgIpc) is 2.56. The summed E-state index contributed by atoms with van der Waals surface area (Å²) in [7, 11) is 0. The van der Waals surface area contributed by atoms with Crippen LogP contribution in [0.15, 0.2) is 0 Å². The first-order chi connectivity index (χ1) is 10.7. The zero-order valence-electron chi connectivity index (χ0n) is 15.1. The minimum Gasteiger partial charge on any atom is -0.198 e. The lowest BCUT2D eigenvalue weighted by Crippen LogP contribution is -2.40. The van der Waals surface area contributed by atoms with Gasteiger partial charge in [0.1, 0.15) is 0 Å². The molecule has 2 aliphatic carbocycles. The Labute approximate surface area is 138 Å². The fourth-order valence-electron chi connectivity index (χ4n) is 5.18. The topological polar surface area (TPSA) is 23.8 Å². The zero-order valence-corrected chi connectivity index (χ0v) is 15.1. The summed E-state index contributed by atoms with van der Waals surface area (Å²) in [5.74, 6) is 2.49. The molecule has 0 saturated heterocycles. The molecule has 4 atom stereocenters. The summed E-state index contributed by atoms with van der Waals surface area (Å²) in [6, 6.07) is 2.83. The monoisotopic (exact) mass is 303 g/mol. The van der Waals surface area contributed by atoms with E-state index in [1.54, 1.807) is 0 Å². The van der Waals surface area contributed by atoms with Crippen molar-refractivity contribution < 1.29 is 0 Å². The molecule has 4 unspecified atom stereocenters. The van der Waals surface area contributed by atoms with Crippen LogP contribution in [0.5, 0.6) is 0 Å². The summed E-state index contributed by atoms with van der Waals surface area (Å²) in [5, 5.41) is 9.92. The molecule has 0 spiro atoms. The summed E-state index contributed by atoms with van der Waals surface area (Å²) in [5.41, 5.74) is 0.0659. The Morgan fingerprint density at radius 2 is 1.68 bits per heavy atom. The summed E-state index contributed by atoms with van der Waals surface area (Å²) in [6.45, 7) is 4.58. The first kappa shape index (κ1) is 17.8. The second kappa shape index (κ2) is 8.95. The number of hydrogen-bond donors (Lipinski definition) is 0. The Balaban J connectivity index is 1.84. The van der Waals surface area contributed by atoms with E-state index in [2.05, 4.69) is 19.9 Å². The van der Waals surface area contributed by atoms with Gasteiger partial charge >= 0.3 is 0 Å². The largest absolute Gasteiger partial charge is 0.198 e. The van der Waals surface area contributed by atoms with E-state index >= 15 is 0 Å². The van der Waals surface area contributed by atoms with Crippen LogP contribution in [0.2, 0.25) is 0 Å². The number of nitriles is 1. The van der Waals surface area contributed by atoms with Crippen molar-refractivity contribution in [3.8, 4) is 6.07 Å². The molecular formula is C21H37N. The van der Waals surface area contributed by atoms with Gasteiger partial charge in [-0.3, -0.25) is 0 Å². The second-order valence-corrected chi connectivity index (χ2v) is 8.24. The summed E-state index contributed by atoms with van der Waals surface area (Å²) >= 11 is 0. The third-order valence-corrected chi connectivity index (χ3v) is 6.63. The minimum atomic E-state index is 0.0659. The van der Waals surface area contributed by atoms with Gasteiger partial charge in [-0.2, -0.15) is 5.26 Å². The molecule has 0 N–H and O–H groups in total. The molecule has 1 heteroatoms. The maximum Gasteiger partial charge on any atom is 0.0692 e. The first-order valence-electron chi connectivity index (χ1n) is 10.1. The molecule has 2 rings (SSSR count). The van der Waals surface area contributed by atoms with Crippen molar-refractivity contribution in [3.63, 3.8) is 0 Å². The summed E-state index contributed by atoms with van der Waals surface area (Å²) < 4.78 is 0. The van der Waals surface area contributed by atoms with E-state index in [-0.39, 0.29) is 5.41 Å². The van der Waals surface area contributed by atoms with Crippen LogP contribution < -0.4 is 0 Å². The fraction of sp³-hybridized carbons (Fsp3) is 0.952. The Hall–Kier alpha value is -0.510. The lowest BCUT2D eigenvalue weighted by molar-refractivity contribution is 0.0367. The summed E-state index contributed by atoms with van der Waals surface area (Å²) in [6.07, 6.45) is 18.9. The fourth-order valence-corrected chi connectivity index (χ4v) is 5.18. The maximum absolute atomic E-state index is 9.92. The lowest BCUT2D eigenvalue weighted by atomic mass is 9.55. The zero-order chi connectivity index (χ0) is 15.8. The normalized spacial score (nSPS) is 34.9. The van der Waals surface area contributed by atoms with E-state index in [1.807, 2.05) is 0 Å². The smallest absolute Gasteiger partial charge is 0.0692 e. The number of fused-ring (bicyclic) bond motifs is 1. The first-order valence-corrected chi connectivity index (χ1v) is 10.1. The quantitative estimate of drug-likeness (QED) is 0.449. The van der Waals surface area contributed by atoms with Crippen LogP contribution in [0.4, 0.5) is 0 Å². The van der Waals surface area contributed by atoms with Gasteiger partial charge in [-0.1, -0.05) is 71.6 Å². The molecule has 0 radical (unpaired) electrons. The molecule has 0 aliphatic heterocycles. The third kappa shape index (κ3) is 4.50. The number of rotatable bonds is 8. The van der Waals surface area contributed by atoms with Crippen LogP contribution in [0, 0.1) is 34.5 Å². The van der Waals surface area contributed by atoms with E-state index < -0.39 is 0 Å². The molecular weight excluding hydrogens is 266 g/mol. The van der Waals surface area contributed by atoms with E-state index in [1.165, 1.54) is 89.9 Å². The van der Waals surface area contributed by atoms with Gasteiger partial charge in [0, 0.05) is 0 Å². The SMILES string of the molecule is CCCCCCC1CCC2CC(CCCC)CCC2(C#N)C1. The predicted molar refractivity (Wildman–Crippen MR) is 94.5 cm³/mol. The van der Waals surface area contributed by atoms with Gasteiger partial charge in [0.15, 0.2) is 0 Å². The van der Waals surface area contributed by atoms with Gasteiger partial charge in [-0.05, 0) is 49.9 Å². The van der Waals surface area contributed by atoms with Gasteiger partial charge in [-0.25, -0.2) is 0 Å². The highest BCUT2D eigenvalue weighted by Gasteiger charge is 2.47. The predicted octanol–water partition coefficient (Wildman–Crippen LogP) is 6.87. The maximum atomic E-state index is 9.92. The van der Waals surface area contributed by atoms with Crippen molar-refractivity contribution in [2.75, 3.05) is 0 Å². The van der Waals surface area contributed by atoms with Crippen molar-refractivity contribution in [1.29, 1.82) is 5.26 Å². The van der Waals surface area contributed by atoms with E-state index in [0.717, 1.165) is 17.8 Å². The highest BCUT2D eigenvalue weighted by atomic mass is 14.5. The molecule has 0 heterocycles. The molecule has 0 aromatic rings. The molecule has 2 saturated carbocycles. The van der Waals surface area contributed by atoms with Gasteiger partial charge in [0.2, 0.25) is 0 Å². The second-order valence-electron chi connectivity index (χ2n) is 8.24. The van der Waals surface area contributed by atoms with Gasteiger partial charge < -0.3 is 0 Å². The highest BCUT2D eigenvalue weighted by Crippen LogP contribution is 2.54. The van der Waals surface area contributed by atoms with Crippen molar-refractivity contribution in [2.24, 2.45) is 23.2 Å². The lowest BCUT2D eigenvalue weighted by Gasteiger charge is -2.48. The van der Waals surface area contributed by atoms with Crippen molar-refractivity contribution in [1.82, 2.24) is 0 Å². The molecule has 126 valence electrons. The van der Waals surface area contributed by atoms with E-state index in [9.17, 15) is 5.26 Å². The Kier molecular flexibility index (Phi) is 7.26. The van der Waals surface area contributed by atoms with Gasteiger partial charge in [0.25, 0.3) is 0 Å². The van der Waals surface area contributed by atoms with E-state index in [0.29, 0.717) is 0 Å². The molecule has 2 aliphatic rings. The van der Waals surface area contributed by atoms with Crippen LogP contribution >= 0.6 is 0 Å². The van der Waals surface area contributed by atoms with Crippen LogP contribution in [-0.2, 0) is 0 Å². The van der Waals surface area contributed by atoms with Crippen LogP contribution in [-0.4, -0.2) is 0 Å². The molecule has 22 heavy (non-hydrogen) atoms. The molecule has 0 amide bonds. The van der Waals surface area contributed by atoms with Gasteiger partial charge in [-0.15, -0.1) is 0 Å². The van der Waals surface area contributed by atoms with Crippen molar-refractivity contribution in [2.45, 2.75) is 104 Å². The number of hydrogen-bond acceptors (Lipinski definition) is 1. The van der Waals surface area contributed by atoms with Crippen molar-refractivity contribution >= 4 is 0 Å². The summed E-state index contributed by atoms with van der Waals surface area (Å²) in [4.78, 5) is 0. The van der Waals surface area contributed by atoms with Crippen LogP contribution in [0.3, 0.4) is 0 Å². The molecule has 1 nitrogen and oxygen atoms in total. The van der Waals surface area contributed by atoms with Gasteiger partial charge in [0.05, 0.1) is 11.5 Å². The average molecular weight is 304 g/mol. The Morgan fingerprint density at radius 3 is 2.41 bits per heavy atom. The number of nitrogens with zero attached hydrogens (tertiary/aromatic N) is 1. The number of unbranched alkanes of at least 4 members (excludes halogenated alkanes) is 4. The Morgan fingerprint density at radius 1 is 0.909 bits per heavy atom. The highest BCUT2D eigenvalue weighted by molar-refractivity contribution is 5.08.